The fourth-order valence-corrected chi connectivity index (χ4v) is 3.25. The van der Waals surface area contributed by atoms with E-state index >= 15 is 0 Å². The van der Waals surface area contributed by atoms with Crippen molar-refractivity contribution in [3.8, 4) is 0 Å². The molecule has 1 saturated heterocycles. The molecule has 0 saturated carbocycles. The summed E-state index contributed by atoms with van der Waals surface area (Å²) in [6, 6.07) is 3.71. The van der Waals surface area contributed by atoms with Gasteiger partial charge in [-0.1, -0.05) is 0 Å². The molecule has 25 heavy (non-hydrogen) atoms. The predicted octanol–water partition coefficient (Wildman–Crippen LogP) is 1.09. The molecule has 0 aliphatic carbocycles. The van der Waals surface area contributed by atoms with E-state index in [1.54, 1.807) is 11.0 Å². The van der Waals surface area contributed by atoms with Crippen molar-refractivity contribution in [3.05, 3.63) is 36.3 Å². The predicted molar refractivity (Wildman–Crippen MR) is 89.6 cm³/mol. The molecule has 2 aromatic rings. The number of rotatable bonds is 6. The van der Waals surface area contributed by atoms with Crippen LogP contribution in [0, 0.1) is 6.92 Å². The molecule has 0 bridgehead atoms. The highest BCUT2D eigenvalue weighted by Crippen LogP contribution is 2.29. The number of likely N-dealkylation sites (tertiary alicyclic amines) is 1. The van der Waals surface area contributed by atoms with Gasteiger partial charge in [0.1, 0.15) is 24.2 Å². The fourth-order valence-electron chi connectivity index (χ4n) is 3.25. The molecule has 3 heterocycles. The zero-order valence-corrected chi connectivity index (χ0v) is 14.5. The Morgan fingerprint density at radius 1 is 1.36 bits per heavy atom. The quantitative estimate of drug-likeness (QED) is 0.846. The minimum atomic E-state index is -0.123. The summed E-state index contributed by atoms with van der Waals surface area (Å²) in [7, 11) is 0. The number of furan rings is 1. The molecule has 1 fully saturated rings. The first-order chi connectivity index (χ1) is 12.0. The van der Waals surface area contributed by atoms with E-state index in [0.717, 1.165) is 11.5 Å². The van der Waals surface area contributed by atoms with Crippen molar-refractivity contribution in [3.63, 3.8) is 0 Å². The largest absolute Gasteiger partial charge is 0.466 e. The lowest BCUT2D eigenvalue weighted by Crippen LogP contribution is -2.39. The number of aryl methyl sites for hydroxylation is 2. The standard InChI is InChI=1S/C17H23N5O3/c1-12-5-6-16(25-12)14-8-21(9-15(14)20-13(2)23)17(24)4-3-7-22-11-18-10-19-22/h5-6,10-11,14-15H,3-4,7-9H2,1-2H3,(H,20,23). The minimum absolute atomic E-state index is 0.0168. The average Bonchev–Trinajstić information content (AvgIpc) is 3.27. The van der Waals surface area contributed by atoms with Crippen molar-refractivity contribution in [2.75, 3.05) is 13.1 Å². The van der Waals surface area contributed by atoms with E-state index in [4.69, 9.17) is 4.42 Å². The second-order valence-electron chi connectivity index (χ2n) is 6.42. The van der Waals surface area contributed by atoms with Crippen molar-refractivity contribution in [2.45, 2.75) is 45.2 Å². The monoisotopic (exact) mass is 345 g/mol. The summed E-state index contributed by atoms with van der Waals surface area (Å²) < 4.78 is 7.44. The Bertz CT molecular complexity index is 724. The van der Waals surface area contributed by atoms with E-state index in [1.165, 1.54) is 13.3 Å². The Balaban J connectivity index is 1.59. The van der Waals surface area contributed by atoms with E-state index in [-0.39, 0.29) is 23.8 Å². The van der Waals surface area contributed by atoms with Crippen LogP contribution in [0.25, 0.3) is 0 Å². The number of amides is 2. The van der Waals surface area contributed by atoms with E-state index in [1.807, 2.05) is 24.0 Å². The Morgan fingerprint density at radius 2 is 2.20 bits per heavy atom. The molecular formula is C17H23N5O3. The number of aromatic nitrogens is 3. The molecule has 1 N–H and O–H groups in total. The highest BCUT2D eigenvalue weighted by molar-refractivity contribution is 5.77. The third-order valence-electron chi connectivity index (χ3n) is 4.43. The molecule has 8 heteroatoms. The maximum absolute atomic E-state index is 12.5. The summed E-state index contributed by atoms with van der Waals surface area (Å²) in [6.07, 6.45) is 4.27. The lowest BCUT2D eigenvalue weighted by atomic mass is 10.0. The SMILES string of the molecule is CC(=O)NC1CN(C(=O)CCCn2cncn2)CC1c1ccc(C)o1. The fraction of sp³-hybridized carbons (Fsp3) is 0.529. The van der Waals surface area contributed by atoms with Crippen LogP contribution in [0.3, 0.4) is 0 Å². The summed E-state index contributed by atoms with van der Waals surface area (Å²) in [6.45, 7) is 5.10. The van der Waals surface area contributed by atoms with Crippen LogP contribution in [0.15, 0.2) is 29.2 Å². The van der Waals surface area contributed by atoms with Crippen LogP contribution >= 0.6 is 0 Å². The molecule has 0 aromatic carbocycles. The number of hydrogen-bond donors (Lipinski definition) is 1. The lowest BCUT2D eigenvalue weighted by molar-refractivity contribution is -0.130. The molecule has 2 unspecified atom stereocenters. The molecular weight excluding hydrogens is 322 g/mol. The van der Waals surface area contributed by atoms with Gasteiger partial charge < -0.3 is 14.6 Å². The Hall–Kier alpha value is -2.64. The van der Waals surface area contributed by atoms with Gasteiger partial charge in [-0.3, -0.25) is 14.3 Å². The van der Waals surface area contributed by atoms with Gasteiger partial charge in [0, 0.05) is 33.0 Å². The highest BCUT2D eigenvalue weighted by Gasteiger charge is 2.38. The Morgan fingerprint density at radius 3 is 2.84 bits per heavy atom. The van der Waals surface area contributed by atoms with Crippen LogP contribution in [0.1, 0.15) is 37.2 Å². The van der Waals surface area contributed by atoms with Crippen molar-refractivity contribution in [1.29, 1.82) is 0 Å². The number of nitrogens with one attached hydrogen (secondary N) is 1. The van der Waals surface area contributed by atoms with Gasteiger partial charge in [-0.2, -0.15) is 5.10 Å². The maximum Gasteiger partial charge on any atom is 0.222 e. The molecule has 1 aliphatic heterocycles. The zero-order chi connectivity index (χ0) is 17.8. The van der Waals surface area contributed by atoms with Crippen LogP contribution in [-0.2, 0) is 16.1 Å². The summed E-state index contributed by atoms with van der Waals surface area (Å²) in [5, 5.41) is 6.98. The Labute approximate surface area is 146 Å². The van der Waals surface area contributed by atoms with Gasteiger partial charge in [0.2, 0.25) is 11.8 Å². The van der Waals surface area contributed by atoms with Crippen molar-refractivity contribution >= 4 is 11.8 Å². The van der Waals surface area contributed by atoms with Crippen LogP contribution < -0.4 is 5.32 Å². The van der Waals surface area contributed by atoms with Gasteiger partial charge in [0.05, 0.1) is 12.0 Å². The summed E-state index contributed by atoms with van der Waals surface area (Å²) >= 11 is 0. The third kappa shape index (κ3) is 4.26. The number of carbonyl (C=O) groups is 2. The van der Waals surface area contributed by atoms with E-state index in [9.17, 15) is 9.59 Å². The molecule has 134 valence electrons. The minimum Gasteiger partial charge on any atom is -0.466 e. The first-order valence-corrected chi connectivity index (χ1v) is 8.46. The summed E-state index contributed by atoms with van der Waals surface area (Å²) in [4.78, 5) is 29.7. The molecule has 2 aromatic heterocycles. The van der Waals surface area contributed by atoms with Crippen LogP contribution in [0.5, 0.6) is 0 Å². The first kappa shape index (κ1) is 17.2. The van der Waals surface area contributed by atoms with Crippen molar-refractivity contribution in [1.82, 2.24) is 25.0 Å². The van der Waals surface area contributed by atoms with Gasteiger partial charge in [0.25, 0.3) is 0 Å². The maximum atomic E-state index is 12.5. The number of hydrogen-bond acceptors (Lipinski definition) is 5. The zero-order valence-electron chi connectivity index (χ0n) is 14.5. The Kier molecular flexibility index (Phi) is 5.16. The number of carbonyl (C=O) groups excluding carboxylic acids is 2. The van der Waals surface area contributed by atoms with Crippen LogP contribution in [-0.4, -0.2) is 50.6 Å². The highest BCUT2D eigenvalue weighted by atomic mass is 16.3. The number of nitrogens with zero attached hydrogens (tertiary/aromatic N) is 4. The van der Waals surface area contributed by atoms with Crippen LogP contribution in [0.2, 0.25) is 0 Å². The van der Waals surface area contributed by atoms with Gasteiger partial charge in [-0.15, -0.1) is 0 Å². The van der Waals surface area contributed by atoms with E-state index in [2.05, 4.69) is 15.4 Å². The first-order valence-electron chi connectivity index (χ1n) is 8.46. The summed E-state index contributed by atoms with van der Waals surface area (Å²) in [5.74, 6) is 1.61. The summed E-state index contributed by atoms with van der Waals surface area (Å²) in [5.41, 5.74) is 0. The second-order valence-corrected chi connectivity index (χ2v) is 6.42. The second kappa shape index (κ2) is 7.50. The van der Waals surface area contributed by atoms with Gasteiger partial charge in [-0.25, -0.2) is 4.98 Å². The molecule has 0 spiro atoms. The molecule has 0 radical (unpaired) electrons. The van der Waals surface area contributed by atoms with Gasteiger partial charge in [-0.05, 0) is 25.5 Å². The van der Waals surface area contributed by atoms with Gasteiger partial charge in [0.15, 0.2) is 0 Å². The smallest absolute Gasteiger partial charge is 0.222 e. The lowest BCUT2D eigenvalue weighted by Gasteiger charge is -2.17. The average molecular weight is 345 g/mol. The normalized spacial score (nSPS) is 20.0. The third-order valence-corrected chi connectivity index (χ3v) is 4.43. The van der Waals surface area contributed by atoms with Gasteiger partial charge >= 0.3 is 0 Å². The molecule has 2 amide bonds. The molecule has 3 rings (SSSR count). The molecule has 8 nitrogen and oxygen atoms in total. The topological polar surface area (TPSA) is 93.3 Å². The molecule has 2 atom stereocenters. The van der Waals surface area contributed by atoms with Crippen molar-refractivity contribution < 1.29 is 14.0 Å². The van der Waals surface area contributed by atoms with Crippen molar-refractivity contribution in [2.24, 2.45) is 0 Å². The van der Waals surface area contributed by atoms with Crippen LogP contribution in [0.4, 0.5) is 0 Å². The van der Waals surface area contributed by atoms with E-state index in [0.29, 0.717) is 32.5 Å². The molecule has 1 aliphatic rings. The van der Waals surface area contributed by atoms with E-state index < -0.39 is 0 Å².